The van der Waals surface area contributed by atoms with Crippen molar-refractivity contribution in [2.24, 2.45) is 5.92 Å². The molecule has 0 amide bonds. The van der Waals surface area contributed by atoms with E-state index < -0.39 is 0 Å². The summed E-state index contributed by atoms with van der Waals surface area (Å²) in [5.41, 5.74) is 0.908. The van der Waals surface area contributed by atoms with Gasteiger partial charge in [-0.15, -0.1) is 0 Å². The molecule has 0 saturated carbocycles. The van der Waals surface area contributed by atoms with E-state index >= 15 is 0 Å². The predicted octanol–water partition coefficient (Wildman–Crippen LogP) is 1.65. The van der Waals surface area contributed by atoms with Crippen LogP contribution in [-0.2, 0) is 0 Å². The van der Waals surface area contributed by atoms with Crippen molar-refractivity contribution in [1.82, 2.24) is 20.2 Å². The zero-order chi connectivity index (χ0) is 13.7. The van der Waals surface area contributed by atoms with Crippen LogP contribution in [-0.4, -0.2) is 33.3 Å². The highest BCUT2D eigenvalue weighted by Crippen LogP contribution is 2.16. The van der Waals surface area contributed by atoms with Crippen LogP contribution in [0.3, 0.4) is 0 Å². The van der Waals surface area contributed by atoms with Crippen LogP contribution in [0.25, 0.3) is 5.69 Å². The monoisotopic (exact) mass is 256 g/mol. The van der Waals surface area contributed by atoms with E-state index in [9.17, 15) is 0 Å². The first kappa shape index (κ1) is 13.0. The van der Waals surface area contributed by atoms with Crippen LogP contribution < -0.4 is 4.90 Å². The van der Waals surface area contributed by atoms with E-state index in [1.54, 1.807) is 4.68 Å². The molecule has 1 aromatic carbocycles. The summed E-state index contributed by atoms with van der Waals surface area (Å²) in [6.07, 6.45) is 0. The second-order valence-corrected chi connectivity index (χ2v) is 4.30. The molecular weight excluding hydrogens is 240 g/mol. The zero-order valence-corrected chi connectivity index (χ0v) is 11.1. The Morgan fingerprint density at radius 2 is 2.11 bits per heavy atom. The number of benzene rings is 1. The second-order valence-electron chi connectivity index (χ2n) is 4.30. The molecule has 0 saturated heterocycles. The lowest BCUT2D eigenvalue weighted by Crippen LogP contribution is -2.30. The minimum atomic E-state index is -0.0686. The molecule has 1 aromatic heterocycles. The van der Waals surface area contributed by atoms with Gasteiger partial charge in [0.2, 0.25) is 5.95 Å². The van der Waals surface area contributed by atoms with Gasteiger partial charge in [0.1, 0.15) is 0 Å². The van der Waals surface area contributed by atoms with Gasteiger partial charge in [-0.2, -0.15) is 9.94 Å². The third-order valence-corrected chi connectivity index (χ3v) is 2.83. The molecule has 6 heteroatoms. The molecule has 2 rings (SSSR count). The van der Waals surface area contributed by atoms with Gasteiger partial charge in [0.25, 0.3) is 0 Å². The number of aromatic nitrogens is 4. The average molecular weight is 256 g/mol. The minimum Gasteiger partial charge on any atom is -0.338 e. The number of nitriles is 1. The normalized spacial score (nSPS) is 11.8. The van der Waals surface area contributed by atoms with Crippen LogP contribution in [0.5, 0.6) is 0 Å². The quantitative estimate of drug-likeness (QED) is 0.813. The molecule has 0 bridgehead atoms. The SMILES string of the molecule is CCN(CC(C)C#N)c1nnnn1-c1ccccc1. The number of hydrogen-bond donors (Lipinski definition) is 0. The van der Waals surface area contributed by atoms with E-state index in [-0.39, 0.29) is 5.92 Å². The van der Waals surface area contributed by atoms with Crippen LogP contribution in [0.1, 0.15) is 13.8 Å². The summed E-state index contributed by atoms with van der Waals surface area (Å²) in [6.45, 7) is 5.27. The van der Waals surface area contributed by atoms with Crippen molar-refractivity contribution in [3.05, 3.63) is 30.3 Å². The Morgan fingerprint density at radius 3 is 2.74 bits per heavy atom. The number of para-hydroxylation sites is 1. The van der Waals surface area contributed by atoms with Gasteiger partial charge in [-0.25, -0.2) is 0 Å². The number of hydrogen-bond acceptors (Lipinski definition) is 5. The van der Waals surface area contributed by atoms with Crippen molar-refractivity contribution in [3.8, 4) is 11.8 Å². The van der Waals surface area contributed by atoms with Crippen LogP contribution in [0.15, 0.2) is 30.3 Å². The molecule has 6 nitrogen and oxygen atoms in total. The van der Waals surface area contributed by atoms with Gasteiger partial charge < -0.3 is 4.90 Å². The number of anilines is 1. The summed E-state index contributed by atoms with van der Waals surface area (Å²) < 4.78 is 1.69. The van der Waals surface area contributed by atoms with Gasteiger partial charge in [0, 0.05) is 13.1 Å². The maximum atomic E-state index is 8.93. The van der Waals surface area contributed by atoms with Crippen molar-refractivity contribution in [3.63, 3.8) is 0 Å². The highest BCUT2D eigenvalue weighted by molar-refractivity contribution is 5.40. The molecule has 1 heterocycles. The number of rotatable bonds is 5. The summed E-state index contributed by atoms with van der Waals surface area (Å²) in [7, 11) is 0. The summed E-state index contributed by atoms with van der Waals surface area (Å²) in [5, 5.41) is 20.8. The molecule has 0 N–H and O–H groups in total. The predicted molar refractivity (Wildman–Crippen MR) is 71.8 cm³/mol. The number of nitrogens with zero attached hydrogens (tertiary/aromatic N) is 6. The fraction of sp³-hybridized carbons (Fsp3) is 0.385. The third-order valence-electron chi connectivity index (χ3n) is 2.83. The Balaban J connectivity index is 2.30. The average Bonchev–Trinajstić information content (AvgIpc) is 2.94. The maximum absolute atomic E-state index is 8.93. The summed E-state index contributed by atoms with van der Waals surface area (Å²) >= 11 is 0. The molecule has 1 unspecified atom stereocenters. The molecule has 0 radical (unpaired) electrons. The molecule has 1 atom stereocenters. The Labute approximate surface area is 112 Å². The number of tetrazole rings is 1. The van der Waals surface area contributed by atoms with Crippen molar-refractivity contribution in [2.75, 3.05) is 18.0 Å². The topological polar surface area (TPSA) is 70.6 Å². The van der Waals surface area contributed by atoms with Crippen molar-refractivity contribution >= 4 is 5.95 Å². The first-order valence-corrected chi connectivity index (χ1v) is 6.24. The highest BCUT2D eigenvalue weighted by Gasteiger charge is 2.16. The first-order chi connectivity index (χ1) is 9.26. The van der Waals surface area contributed by atoms with Crippen molar-refractivity contribution in [2.45, 2.75) is 13.8 Å². The molecule has 0 aliphatic carbocycles. The highest BCUT2D eigenvalue weighted by atomic mass is 15.6. The molecule has 2 aromatic rings. The fourth-order valence-corrected chi connectivity index (χ4v) is 1.84. The van der Waals surface area contributed by atoms with E-state index in [1.807, 2.05) is 49.1 Å². The Morgan fingerprint density at radius 1 is 1.37 bits per heavy atom. The minimum absolute atomic E-state index is 0.0686. The summed E-state index contributed by atoms with van der Waals surface area (Å²) in [4.78, 5) is 2.00. The van der Waals surface area contributed by atoms with E-state index in [1.165, 1.54) is 0 Å². The Hall–Kier alpha value is -2.42. The van der Waals surface area contributed by atoms with E-state index in [4.69, 9.17) is 5.26 Å². The first-order valence-electron chi connectivity index (χ1n) is 6.24. The Kier molecular flexibility index (Phi) is 4.08. The third kappa shape index (κ3) is 2.88. The molecule has 19 heavy (non-hydrogen) atoms. The zero-order valence-electron chi connectivity index (χ0n) is 11.1. The van der Waals surface area contributed by atoms with Crippen LogP contribution in [0.4, 0.5) is 5.95 Å². The van der Waals surface area contributed by atoms with Crippen LogP contribution in [0, 0.1) is 17.2 Å². The largest absolute Gasteiger partial charge is 0.338 e. The second kappa shape index (κ2) is 5.96. The van der Waals surface area contributed by atoms with E-state index in [2.05, 4.69) is 21.6 Å². The van der Waals surface area contributed by atoms with Gasteiger partial charge in [-0.3, -0.25) is 0 Å². The smallest absolute Gasteiger partial charge is 0.250 e. The van der Waals surface area contributed by atoms with Crippen LogP contribution >= 0.6 is 0 Å². The van der Waals surface area contributed by atoms with Crippen molar-refractivity contribution in [1.29, 1.82) is 5.26 Å². The van der Waals surface area contributed by atoms with Gasteiger partial charge >= 0.3 is 0 Å². The van der Waals surface area contributed by atoms with Gasteiger partial charge in [0.05, 0.1) is 17.7 Å². The lowest BCUT2D eigenvalue weighted by Gasteiger charge is -2.22. The molecule has 0 aliphatic rings. The lowest BCUT2D eigenvalue weighted by molar-refractivity contribution is 0.660. The van der Waals surface area contributed by atoms with Crippen LogP contribution in [0.2, 0.25) is 0 Å². The summed E-state index contributed by atoms with van der Waals surface area (Å²) in [6, 6.07) is 11.9. The molecule has 98 valence electrons. The Bertz CT molecular complexity index is 556. The molecule has 0 aliphatic heterocycles. The van der Waals surface area contributed by atoms with Crippen molar-refractivity contribution < 1.29 is 0 Å². The fourth-order valence-electron chi connectivity index (χ4n) is 1.84. The van der Waals surface area contributed by atoms with E-state index in [0.29, 0.717) is 12.5 Å². The standard InChI is InChI=1S/C13H16N6/c1-3-18(10-11(2)9-14)13-15-16-17-19(13)12-7-5-4-6-8-12/h4-8,11H,3,10H2,1-2H3. The van der Waals surface area contributed by atoms with E-state index in [0.717, 1.165) is 12.2 Å². The maximum Gasteiger partial charge on any atom is 0.250 e. The van der Waals surface area contributed by atoms with Gasteiger partial charge in [-0.1, -0.05) is 23.3 Å². The molecular formula is C13H16N6. The molecule has 0 fully saturated rings. The van der Waals surface area contributed by atoms with Gasteiger partial charge in [0.15, 0.2) is 0 Å². The van der Waals surface area contributed by atoms with Gasteiger partial charge in [-0.05, 0) is 36.4 Å². The lowest BCUT2D eigenvalue weighted by atomic mass is 10.2. The summed E-state index contributed by atoms with van der Waals surface area (Å²) in [5.74, 6) is 0.594. The molecule has 0 spiro atoms.